The molecule has 8 heteroatoms. The molecular formula is C19H18ClN3O3S. The molecule has 0 saturated carbocycles. The molecule has 1 aliphatic heterocycles. The Kier molecular flexibility index (Phi) is 5.24. The maximum absolute atomic E-state index is 12.7. The van der Waals surface area contributed by atoms with Crippen LogP contribution in [-0.2, 0) is 16.1 Å². The fraction of sp³-hybridized carbons (Fsp3) is 0.316. The summed E-state index contributed by atoms with van der Waals surface area (Å²) in [5.74, 6) is -0.219. The summed E-state index contributed by atoms with van der Waals surface area (Å²) in [4.78, 5) is 30.2. The lowest BCUT2D eigenvalue weighted by atomic mass is 10.2. The highest BCUT2D eigenvalue weighted by Crippen LogP contribution is 2.31. The number of aromatic nitrogens is 2. The van der Waals surface area contributed by atoms with Crippen LogP contribution in [0.1, 0.15) is 12.8 Å². The van der Waals surface area contributed by atoms with E-state index in [0.29, 0.717) is 21.8 Å². The molecule has 1 amide bonds. The molecular weight excluding hydrogens is 386 g/mol. The van der Waals surface area contributed by atoms with E-state index in [9.17, 15) is 9.59 Å². The third-order valence-corrected chi connectivity index (χ3v) is 5.91. The zero-order valence-electron chi connectivity index (χ0n) is 14.5. The molecule has 140 valence electrons. The van der Waals surface area contributed by atoms with Crippen molar-refractivity contribution >= 4 is 39.1 Å². The molecule has 2 aromatic heterocycles. The molecule has 0 spiro atoms. The molecule has 1 atom stereocenters. The van der Waals surface area contributed by atoms with Gasteiger partial charge in [-0.05, 0) is 36.6 Å². The minimum absolute atomic E-state index is 0.0529. The van der Waals surface area contributed by atoms with Crippen LogP contribution in [0.4, 0.5) is 0 Å². The number of hydrogen-bond acceptors (Lipinski definition) is 5. The number of benzene rings is 1. The first-order valence-corrected chi connectivity index (χ1v) is 9.93. The summed E-state index contributed by atoms with van der Waals surface area (Å²) in [6.45, 7) is 1.17. The van der Waals surface area contributed by atoms with Gasteiger partial charge in [-0.15, -0.1) is 11.3 Å². The van der Waals surface area contributed by atoms with Gasteiger partial charge in [0, 0.05) is 23.1 Å². The Hall–Kier alpha value is -2.22. The van der Waals surface area contributed by atoms with Gasteiger partial charge in [-0.2, -0.15) is 0 Å². The number of nitrogens with one attached hydrogen (secondary N) is 1. The second-order valence-electron chi connectivity index (χ2n) is 6.45. The number of ether oxygens (including phenoxy) is 1. The normalized spacial score (nSPS) is 16.7. The zero-order valence-corrected chi connectivity index (χ0v) is 16.1. The fourth-order valence-corrected chi connectivity index (χ4v) is 4.25. The highest BCUT2D eigenvalue weighted by molar-refractivity contribution is 7.22. The van der Waals surface area contributed by atoms with Gasteiger partial charge in [0.25, 0.3) is 5.56 Å². The summed E-state index contributed by atoms with van der Waals surface area (Å²) in [6.07, 6.45) is 3.48. The maximum Gasteiger partial charge on any atom is 0.271 e. The average Bonchev–Trinajstić information content (AvgIpc) is 3.33. The molecule has 27 heavy (non-hydrogen) atoms. The number of halogens is 1. The van der Waals surface area contributed by atoms with Crippen LogP contribution in [0.5, 0.6) is 0 Å². The van der Waals surface area contributed by atoms with Gasteiger partial charge in [-0.25, -0.2) is 4.98 Å². The molecule has 4 rings (SSSR count). The first-order valence-electron chi connectivity index (χ1n) is 8.73. The molecule has 0 bridgehead atoms. The van der Waals surface area contributed by atoms with Crippen LogP contribution in [0.15, 0.2) is 41.5 Å². The van der Waals surface area contributed by atoms with Crippen LogP contribution < -0.4 is 10.9 Å². The van der Waals surface area contributed by atoms with Crippen LogP contribution in [0.25, 0.3) is 20.7 Å². The molecule has 0 unspecified atom stereocenters. The van der Waals surface area contributed by atoms with Gasteiger partial charge in [-0.3, -0.25) is 14.2 Å². The molecule has 3 heterocycles. The van der Waals surface area contributed by atoms with Crippen molar-refractivity contribution in [2.75, 3.05) is 13.2 Å². The summed E-state index contributed by atoms with van der Waals surface area (Å²) in [6, 6.07) is 9.32. The van der Waals surface area contributed by atoms with Crippen LogP contribution in [0.2, 0.25) is 5.02 Å². The molecule has 6 nitrogen and oxygen atoms in total. The standard InChI is InChI=1S/C19H18ClN3O3S/c20-13-5-3-12(4-6-13)16-8-15-18(27-16)19(25)23(11-22-15)10-17(24)21-9-14-2-1-7-26-14/h3-6,8,11,14H,1-2,7,9-10H2,(H,21,24)/t14-/m0/s1. The Bertz CT molecular complexity index is 1020. The van der Waals surface area contributed by atoms with E-state index < -0.39 is 0 Å². The molecule has 1 aliphatic rings. The van der Waals surface area contributed by atoms with Crippen molar-refractivity contribution in [1.82, 2.24) is 14.9 Å². The van der Waals surface area contributed by atoms with E-state index in [-0.39, 0.29) is 24.1 Å². The minimum atomic E-state index is -0.219. The van der Waals surface area contributed by atoms with E-state index in [2.05, 4.69) is 10.3 Å². The van der Waals surface area contributed by atoms with Crippen molar-refractivity contribution in [3.63, 3.8) is 0 Å². The summed E-state index contributed by atoms with van der Waals surface area (Å²) in [5.41, 5.74) is 1.39. The molecule has 0 aliphatic carbocycles. The average molecular weight is 404 g/mol. The molecule has 3 aromatic rings. The van der Waals surface area contributed by atoms with E-state index in [1.54, 1.807) is 0 Å². The quantitative estimate of drug-likeness (QED) is 0.710. The predicted molar refractivity (Wildman–Crippen MR) is 106 cm³/mol. The Morgan fingerprint density at radius 3 is 2.93 bits per heavy atom. The van der Waals surface area contributed by atoms with Crippen LogP contribution >= 0.6 is 22.9 Å². The lowest BCUT2D eigenvalue weighted by Gasteiger charge is -2.11. The monoisotopic (exact) mass is 403 g/mol. The third-order valence-electron chi connectivity index (χ3n) is 4.50. The van der Waals surface area contributed by atoms with E-state index in [0.717, 1.165) is 29.9 Å². The summed E-state index contributed by atoms with van der Waals surface area (Å²) < 4.78 is 7.36. The minimum Gasteiger partial charge on any atom is -0.376 e. The smallest absolute Gasteiger partial charge is 0.271 e. The molecule has 1 aromatic carbocycles. The van der Waals surface area contributed by atoms with Crippen molar-refractivity contribution in [3.05, 3.63) is 52.0 Å². The van der Waals surface area contributed by atoms with E-state index in [1.165, 1.54) is 22.2 Å². The van der Waals surface area contributed by atoms with Crippen molar-refractivity contribution in [2.24, 2.45) is 0 Å². The molecule has 1 fully saturated rings. The van der Waals surface area contributed by atoms with Gasteiger partial charge in [0.2, 0.25) is 5.91 Å². The van der Waals surface area contributed by atoms with E-state index in [1.807, 2.05) is 30.3 Å². The maximum atomic E-state index is 12.7. The summed E-state index contributed by atoms with van der Waals surface area (Å²) in [5, 5.41) is 3.49. The molecule has 0 radical (unpaired) electrons. The fourth-order valence-electron chi connectivity index (χ4n) is 3.06. The van der Waals surface area contributed by atoms with Gasteiger partial charge in [0.05, 0.1) is 17.9 Å². The van der Waals surface area contributed by atoms with Crippen molar-refractivity contribution in [3.8, 4) is 10.4 Å². The first kappa shape index (κ1) is 18.2. The van der Waals surface area contributed by atoms with E-state index in [4.69, 9.17) is 16.3 Å². The zero-order chi connectivity index (χ0) is 18.8. The van der Waals surface area contributed by atoms with Crippen molar-refractivity contribution in [1.29, 1.82) is 0 Å². The van der Waals surface area contributed by atoms with Gasteiger partial charge >= 0.3 is 0 Å². The lowest BCUT2D eigenvalue weighted by molar-refractivity contribution is -0.122. The number of hydrogen-bond donors (Lipinski definition) is 1. The largest absolute Gasteiger partial charge is 0.376 e. The topological polar surface area (TPSA) is 73.2 Å². The number of rotatable bonds is 5. The van der Waals surface area contributed by atoms with Crippen molar-refractivity contribution in [2.45, 2.75) is 25.5 Å². The van der Waals surface area contributed by atoms with Gasteiger partial charge in [-0.1, -0.05) is 23.7 Å². The summed E-state index contributed by atoms with van der Waals surface area (Å²) in [7, 11) is 0. The van der Waals surface area contributed by atoms with Crippen LogP contribution in [0.3, 0.4) is 0 Å². The van der Waals surface area contributed by atoms with Gasteiger partial charge in [0.1, 0.15) is 11.2 Å². The summed E-state index contributed by atoms with van der Waals surface area (Å²) >= 11 is 7.30. The number of thiophene rings is 1. The second kappa shape index (κ2) is 7.80. The van der Waals surface area contributed by atoms with Crippen molar-refractivity contribution < 1.29 is 9.53 Å². The highest BCUT2D eigenvalue weighted by atomic mass is 35.5. The predicted octanol–water partition coefficient (Wildman–Crippen LogP) is 3.07. The Balaban J connectivity index is 1.52. The second-order valence-corrected chi connectivity index (χ2v) is 7.94. The Labute approximate surface area is 164 Å². The SMILES string of the molecule is O=C(Cn1cnc2cc(-c3ccc(Cl)cc3)sc2c1=O)NC[C@@H]1CCCO1. The number of fused-ring (bicyclic) bond motifs is 1. The van der Waals surface area contributed by atoms with Gasteiger partial charge in [0.15, 0.2) is 0 Å². The first-order chi connectivity index (χ1) is 13.1. The van der Waals surface area contributed by atoms with Crippen LogP contribution in [-0.4, -0.2) is 34.7 Å². The number of carbonyl (C=O) groups is 1. The van der Waals surface area contributed by atoms with Crippen LogP contribution in [0, 0.1) is 0 Å². The molecule has 1 N–H and O–H groups in total. The highest BCUT2D eigenvalue weighted by Gasteiger charge is 2.17. The van der Waals surface area contributed by atoms with E-state index >= 15 is 0 Å². The molecule has 1 saturated heterocycles. The number of nitrogens with zero attached hydrogens (tertiary/aromatic N) is 2. The third kappa shape index (κ3) is 4.05. The van der Waals surface area contributed by atoms with Gasteiger partial charge < -0.3 is 10.1 Å². The number of amides is 1. The Morgan fingerprint density at radius 1 is 1.37 bits per heavy atom. The lowest BCUT2D eigenvalue weighted by Crippen LogP contribution is -2.36. The number of carbonyl (C=O) groups excluding carboxylic acids is 1. The Morgan fingerprint density at radius 2 is 2.19 bits per heavy atom.